The maximum absolute atomic E-state index is 12.7. The van der Waals surface area contributed by atoms with Crippen LogP contribution in [0.25, 0.3) is 0 Å². The smallest absolute Gasteiger partial charge is 0.441 e. The van der Waals surface area contributed by atoms with Gasteiger partial charge < -0.3 is 4.74 Å². The lowest BCUT2D eigenvalue weighted by Gasteiger charge is -2.04. The number of esters is 1. The van der Waals surface area contributed by atoms with Gasteiger partial charge in [0.05, 0.1) is 12.8 Å². The minimum atomic E-state index is -4.73. The fourth-order valence-corrected chi connectivity index (χ4v) is 1.07. The first-order valence-corrected chi connectivity index (χ1v) is 5.15. The predicted molar refractivity (Wildman–Crippen MR) is 64.1 cm³/mol. The maximum Gasteiger partial charge on any atom is 0.441 e. The lowest BCUT2D eigenvalue weighted by molar-refractivity contribution is -0.133. The lowest BCUT2D eigenvalue weighted by atomic mass is 10.2. The van der Waals surface area contributed by atoms with E-state index in [0.717, 1.165) is 12.7 Å². The van der Waals surface area contributed by atoms with Crippen molar-refractivity contribution in [3.63, 3.8) is 0 Å². The molecule has 0 heterocycles. The highest BCUT2D eigenvalue weighted by molar-refractivity contribution is 6.09. The summed E-state index contributed by atoms with van der Waals surface area (Å²) < 4.78 is 42.1. The highest BCUT2D eigenvalue weighted by Gasteiger charge is 2.35. The van der Waals surface area contributed by atoms with E-state index in [0.29, 0.717) is 0 Å². The van der Waals surface area contributed by atoms with E-state index in [1.165, 1.54) is 12.1 Å². The standard InChI is InChI=1S/C13H10F3NO2/c1-9-3-5-10(6-4-9)17-11(13(14,15)16)7-8-12(18)19-2/h3-6H,1-2H3. The number of nitrogens with zero attached hydrogens (tertiary/aromatic N) is 1. The lowest BCUT2D eigenvalue weighted by Crippen LogP contribution is -2.21. The van der Waals surface area contributed by atoms with Gasteiger partial charge in [0.1, 0.15) is 0 Å². The summed E-state index contributed by atoms with van der Waals surface area (Å²) in [5.74, 6) is 2.33. The first-order valence-electron chi connectivity index (χ1n) is 5.15. The fourth-order valence-electron chi connectivity index (χ4n) is 1.07. The third-order valence-corrected chi connectivity index (χ3v) is 2.01. The number of carbonyl (C=O) groups excluding carboxylic acids is 1. The minimum Gasteiger partial charge on any atom is -0.459 e. The Hall–Kier alpha value is -2.29. The van der Waals surface area contributed by atoms with Gasteiger partial charge in [-0.15, -0.1) is 0 Å². The molecule has 0 saturated carbocycles. The third-order valence-electron chi connectivity index (χ3n) is 2.01. The van der Waals surface area contributed by atoms with Crippen molar-refractivity contribution >= 4 is 17.4 Å². The Kier molecular flexibility index (Phi) is 4.70. The molecule has 1 aromatic carbocycles. The summed E-state index contributed by atoms with van der Waals surface area (Å²) in [6, 6.07) is 6.11. The van der Waals surface area contributed by atoms with E-state index >= 15 is 0 Å². The Balaban J connectivity index is 3.13. The average molecular weight is 269 g/mol. The van der Waals surface area contributed by atoms with Crippen molar-refractivity contribution in [3.05, 3.63) is 29.8 Å². The predicted octanol–water partition coefficient (Wildman–Crippen LogP) is 2.81. The average Bonchev–Trinajstić information content (AvgIpc) is 2.34. The number of aryl methyl sites for hydroxylation is 1. The van der Waals surface area contributed by atoms with Crippen molar-refractivity contribution in [1.82, 2.24) is 0 Å². The number of hydrogen-bond donors (Lipinski definition) is 0. The van der Waals surface area contributed by atoms with Gasteiger partial charge in [-0.25, -0.2) is 9.79 Å². The van der Waals surface area contributed by atoms with E-state index in [9.17, 15) is 18.0 Å². The number of benzene rings is 1. The normalized spacial score (nSPS) is 11.5. The van der Waals surface area contributed by atoms with Crippen LogP contribution < -0.4 is 0 Å². The molecule has 6 heteroatoms. The summed E-state index contributed by atoms with van der Waals surface area (Å²) in [5.41, 5.74) is -0.341. The highest BCUT2D eigenvalue weighted by Crippen LogP contribution is 2.21. The van der Waals surface area contributed by atoms with Crippen molar-refractivity contribution in [3.8, 4) is 11.8 Å². The molecular formula is C13H10F3NO2. The molecule has 19 heavy (non-hydrogen) atoms. The van der Waals surface area contributed by atoms with Crippen LogP contribution in [0.15, 0.2) is 29.3 Å². The molecule has 0 N–H and O–H groups in total. The van der Waals surface area contributed by atoms with Crippen molar-refractivity contribution in [1.29, 1.82) is 0 Å². The Morgan fingerprint density at radius 2 is 1.79 bits per heavy atom. The molecule has 0 unspecified atom stereocenters. The second-order valence-electron chi connectivity index (χ2n) is 3.54. The van der Waals surface area contributed by atoms with Crippen LogP contribution in [0.3, 0.4) is 0 Å². The number of methoxy groups -OCH3 is 1. The molecule has 100 valence electrons. The number of rotatable bonds is 1. The molecule has 0 bridgehead atoms. The summed E-state index contributed by atoms with van der Waals surface area (Å²) in [6.07, 6.45) is -4.73. The van der Waals surface area contributed by atoms with E-state index in [1.54, 1.807) is 30.9 Å². The van der Waals surface area contributed by atoms with Gasteiger partial charge in [-0.05, 0) is 25.0 Å². The number of carbonyl (C=O) groups is 1. The van der Waals surface area contributed by atoms with Crippen LogP contribution in [-0.2, 0) is 9.53 Å². The molecule has 3 nitrogen and oxygen atoms in total. The van der Waals surface area contributed by atoms with Gasteiger partial charge in [-0.3, -0.25) is 0 Å². The Morgan fingerprint density at radius 1 is 1.21 bits per heavy atom. The zero-order valence-electron chi connectivity index (χ0n) is 10.2. The second kappa shape index (κ2) is 6.05. The van der Waals surface area contributed by atoms with E-state index in [1.807, 2.05) is 0 Å². The number of aliphatic imine (C=N–C) groups is 1. The van der Waals surface area contributed by atoms with Gasteiger partial charge in [0.25, 0.3) is 0 Å². The van der Waals surface area contributed by atoms with Crippen LogP contribution in [0, 0.1) is 18.8 Å². The summed E-state index contributed by atoms with van der Waals surface area (Å²) in [7, 11) is 1.03. The van der Waals surface area contributed by atoms with Gasteiger partial charge in [-0.2, -0.15) is 13.2 Å². The molecule has 0 aliphatic heterocycles. The van der Waals surface area contributed by atoms with Crippen LogP contribution in [-0.4, -0.2) is 25.0 Å². The topological polar surface area (TPSA) is 38.7 Å². The van der Waals surface area contributed by atoms with Gasteiger partial charge in [0.15, 0.2) is 5.71 Å². The second-order valence-corrected chi connectivity index (χ2v) is 3.54. The van der Waals surface area contributed by atoms with Crippen molar-refractivity contribution in [2.45, 2.75) is 13.1 Å². The van der Waals surface area contributed by atoms with E-state index in [2.05, 4.69) is 9.73 Å². The molecule has 0 aliphatic rings. The van der Waals surface area contributed by atoms with Crippen LogP contribution in [0.4, 0.5) is 18.9 Å². The van der Waals surface area contributed by atoms with Gasteiger partial charge in [0.2, 0.25) is 0 Å². The quantitative estimate of drug-likeness (QED) is 0.340. The molecule has 1 rings (SSSR count). The maximum atomic E-state index is 12.7. The van der Waals surface area contributed by atoms with E-state index < -0.39 is 17.9 Å². The van der Waals surface area contributed by atoms with Gasteiger partial charge >= 0.3 is 12.1 Å². The monoisotopic (exact) mass is 269 g/mol. The number of halogens is 3. The molecule has 0 radical (unpaired) electrons. The first-order chi connectivity index (χ1) is 8.82. The molecule has 0 amide bonds. The molecule has 0 aliphatic carbocycles. The SMILES string of the molecule is COC(=O)C#CC(=Nc1ccc(C)cc1)C(F)(F)F. The van der Waals surface area contributed by atoms with Crippen LogP contribution in [0.5, 0.6) is 0 Å². The Morgan fingerprint density at radius 3 is 2.26 bits per heavy atom. The molecular weight excluding hydrogens is 259 g/mol. The largest absolute Gasteiger partial charge is 0.459 e. The molecule has 0 spiro atoms. The zero-order chi connectivity index (χ0) is 14.5. The van der Waals surface area contributed by atoms with Crippen molar-refractivity contribution < 1.29 is 22.7 Å². The zero-order valence-corrected chi connectivity index (χ0v) is 10.2. The highest BCUT2D eigenvalue weighted by atomic mass is 19.4. The Bertz CT molecular complexity index is 548. The Labute approximate surface area is 108 Å². The number of ether oxygens (including phenoxy) is 1. The van der Waals surface area contributed by atoms with Gasteiger partial charge in [0, 0.05) is 5.92 Å². The van der Waals surface area contributed by atoms with Crippen LogP contribution in [0.2, 0.25) is 0 Å². The first kappa shape index (κ1) is 14.8. The third kappa shape index (κ3) is 4.84. The van der Waals surface area contributed by atoms with E-state index in [4.69, 9.17) is 0 Å². The van der Waals surface area contributed by atoms with E-state index in [-0.39, 0.29) is 5.69 Å². The molecule has 0 fully saturated rings. The minimum absolute atomic E-state index is 0.108. The van der Waals surface area contributed by atoms with Crippen molar-refractivity contribution in [2.24, 2.45) is 4.99 Å². The summed E-state index contributed by atoms with van der Waals surface area (Å²) in [4.78, 5) is 14.1. The summed E-state index contributed by atoms with van der Waals surface area (Å²) in [5, 5.41) is 0. The molecule has 0 saturated heterocycles. The fraction of sp³-hybridized carbons (Fsp3) is 0.231. The molecule has 1 aromatic rings. The van der Waals surface area contributed by atoms with Crippen molar-refractivity contribution in [2.75, 3.05) is 7.11 Å². The number of alkyl halides is 3. The molecule has 0 aromatic heterocycles. The van der Waals surface area contributed by atoms with Crippen LogP contribution >= 0.6 is 0 Å². The summed E-state index contributed by atoms with van der Waals surface area (Å²) >= 11 is 0. The summed E-state index contributed by atoms with van der Waals surface area (Å²) in [6.45, 7) is 1.80. The number of hydrogen-bond acceptors (Lipinski definition) is 3. The van der Waals surface area contributed by atoms with Gasteiger partial charge in [-0.1, -0.05) is 17.7 Å². The molecule has 0 atom stereocenters. The van der Waals surface area contributed by atoms with Crippen LogP contribution in [0.1, 0.15) is 5.56 Å².